The lowest BCUT2D eigenvalue weighted by Gasteiger charge is -2.12. The highest BCUT2D eigenvalue weighted by Gasteiger charge is 2.16. The summed E-state index contributed by atoms with van der Waals surface area (Å²) >= 11 is 7.31. The fraction of sp³-hybridized carbons (Fsp3) is 0.0323. The lowest BCUT2D eigenvalue weighted by molar-refractivity contribution is -0.114. The van der Waals surface area contributed by atoms with E-state index in [0.29, 0.717) is 16.1 Å². The number of carbonyl (C=O) groups excluding carboxylic acids is 3. The van der Waals surface area contributed by atoms with Crippen LogP contribution in [-0.4, -0.2) is 34.6 Å². The van der Waals surface area contributed by atoms with Gasteiger partial charge in [-0.25, -0.2) is 4.79 Å². The van der Waals surface area contributed by atoms with Gasteiger partial charge in [0, 0.05) is 16.1 Å². The molecular formula is C31H24ClN3O5S. The average molecular weight is 586 g/mol. The van der Waals surface area contributed by atoms with E-state index >= 15 is 0 Å². The van der Waals surface area contributed by atoms with Gasteiger partial charge in [-0.3, -0.25) is 14.4 Å². The van der Waals surface area contributed by atoms with Crippen LogP contribution in [0.25, 0.3) is 6.08 Å². The van der Waals surface area contributed by atoms with E-state index in [9.17, 15) is 19.2 Å². The van der Waals surface area contributed by atoms with Crippen molar-refractivity contribution >= 4 is 64.5 Å². The smallest absolute Gasteiger partial charge is 0.335 e. The number of carboxylic acids is 1. The molecule has 0 saturated carbocycles. The number of aromatic carboxylic acids is 1. The maximum atomic E-state index is 13.3. The van der Waals surface area contributed by atoms with Gasteiger partial charge in [0.05, 0.1) is 22.0 Å². The number of carboxylic acid groups (broad SMARTS) is 1. The lowest BCUT2D eigenvalue weighted by Crippen LogP contribution is -2.30. The van der Waals surface area contributed by atoms with Gasteiger partial charge in [0.25, 0.3) is 11.8 Å². The van der Waals surface area contributed by atoms with E-state index in [0.717, 1.165) is 5.56 Å². The Hall–Kier alpha value is -4.86. The standard InChI is InChI=1S/C31H24ClN3O5S/c32-25-15-14-22(31(39)40)17-26(25)34-28(36)19-41-24-13-7-12-23(18-24)33-30(38)27(16-20-8-3-1-4-9-20)35-29(37)21-10-5-2-6-11-21/h1-18H,19H2,(H,33,38)(H,34,36)(H,35,37)(H,39,40)/b27-16-. The number of carbonyl (C=O) groups is 4. The quantitative estimate of drug-likeness (QED) is 0.130. The van der Waals surface area contributed by atoms with Crippen molar-refractivity contribution < 1.29 is 24.3 Å². The van der Waals surface area contributed by atoms with Gasteiger partial charge in [-0.2, -0.15) is 0 Å². The minimum atomic E-state index is -1.13. The second kappa shape index (κ2) is 14.0. The van der Waals surface area contributed by atoms with E-state index in [2.05, 4.69) is 16.0 Å². The summed E-state index contributed by atoms with van der Waals surface area (Å²) in [5, 5.41) is 17.5. The van der Waals surface area contributed by atoms with Crippen molar-refractivity contribution in [3.8, 4) is 0 Å². The number of nitrogens with one attached hydrogen (secondary N) is 3. The molecule has 4 aromatic carbocycles. The second-order valence-corrected chi connectivity index (χ2v) is 10.1. The monoisotopic (exact) mass is 585 g/mol. The van der Waals surface area contributed by atoms with Crippen LogP contribution in [-0.2, 0) is 9.59 Å². The summed E-state index contributed by atoms with van der Waals surface area (Å²) in [6.45, 7) is 0. The molecule has 0 heterocycles. The van der Waals surface area contributed by atoms with Crippen LogP contribution in [0.3, 0.4) is 0 Å². The van der Waals surface area contributed by atoms with Crippen molar-refractivity contribution in [1.82, 2.24) is 5.32 Å². The number of hydrogen-bond acceptors (Lipinski definition) is 5. The molecule has 10 heteroatoms. The molecule has 0 bridgehead atoms. The number of anilines is 2. The molecule has 4 N–H and O–H groups in total. The van der Waals surface area contributed by atoms with Crippen LogP contribution in [0.1, 0.15) is 26.3 Å². The maximum Gasteiger partial charge on any atom is 0.335 e. The largest absolute Gasteiger partial charge is 0.478 e. The Kier molecular flexibility index (Phi) is 9.93. The van der Waals surface area contributed by atoms with Gasteiger partial charge in [-0.1, -0.05) is 66.2 Å². The zero-order valence-electron chi connectivity index (χ0n) is 21.5. The molecular weight excluding hydrogens is 562 g/mol. The molecule has 4 aromatic rings. The van der Waals surface area contributed by atoms with Crippen LogP contribution < -0.4 is 16.0 Å². The third kappa shape index (κ3) is 8.56. The summed E-state index contributed by atoms with van der Waals surface area (Å²) in [5.41, 5.74) is 1.87. The molecule has 4 rings (SSSR count). The molecule has 3 amide bonds. The molecule has 0 fully saturated rings. The highest BCUT2D eigenvalue weighted by molar-refractivity contribution is 8.00. The number of amides is 3. The van der Waals surface area contributed by atoms with Crippen LogP contribution in [0.15, 0.2) is 114 Å². The predicted molar refractivity (Wildman–Crippen MR) is 161 cm³/mol. The number of hydrogen-bond donors (Lipinski definition) is 4. The lowest BCUT2D eigenvalue weighted by atomic mass is 10.1. The van der Waals surface area contributed by atoms with Crippen molar-refractivity contribution in [2.45, 2.75) is 4.90 Å². The number of benzene rings is 4. The van der Waals surface area contributed by atoms with Gasteiger partial charge in [0.2, 0.25) is 5.91 Å². The Bertz CT molecular complexity index is 1610. The molecule has 0 unspecified atom stereocenters. The van der Waals surface area contributed by atoms with Gasteiger partial charge in [0.15, 0.2) is 0 Å². The van der Waals surface area contributed by atoms with Crippen molar-refractivity contribution in [3.63, 3.8) is 0 Å². The fourth-order valence-electron chi connectivity index (χ4n) is 3.61. The first-order chi connectivity index (χ1) is 19.8. The highest BCUT2D eigenvalue weighted by atomic mass is 35.5. The van der Waals surface area contributed by atoms with E-state index in [1.165, 1.54) is 30.0 Å². The Balaban J connectivity index is 1.43. The summed E-state index contributed by atoms with van der Waals surface area (Å²) in [6.07, 6.45) is 1.59. The van der Waals surface area contributed by atoms with Crippen LogP contribution >= 0.6 is 23.4 Å². The molecule has 0 aliphatic heterocycles. The van der Waals surface area contributed by atoms with Crippen LogP contribution in [0.2, 0.25) is 5.02 Å². The molecule has 8 nitrogen and oxygen atoms in total. The molecule has 0 radical (unpaired) electrons. The molecule has 0 spiro atoms. The van der Waals surface area contributed by atoms with E-state index < -0.39 is 17.8 Å². The van der Waals surface area contributed by atoms with Gasteiger partial charge in [-0.15, -0.1) is 11.8 Å². The zero-order valence-corrected chi connectivity index (χ0v) is 23.0. The molecule has 41 heavy (non-hydrogen) atoms. The van der Waals surface area contributed by atoms with Crippen LogP contribution in [0.4, 0.5) is 11.4 Å². The minimum absolute atomic E-state index is 0.00133. The topological polar surface area (TPSA) is 125 Å². The molecule has 0 aromatic heterocycles. The summed E-state index contributed by atoms with van der Waals surface area (Å²) in [6, 6.07) is 28.7. The first-order valence-electron chi connectivity index (χ1n) is 12.3. The van der Waals surface area contributed by atoms with Gasteiger partial charge in [-0.05, 0) is 60.2 Å². The average Bonchev–Trinajstić information content (AvgIpc) is 2.98. The van der Waals surface area contributed by atoms with Crippen molar-refractivity contribution in [2.75, 3.05) is 16.4 Å². The van der Waals surface area contributed by atoms with Crippen molar-refractivity contribution in [1.29, 1.82) is 0 Å². The van der Waals surface area contributed by atoms with Crippen molar-refractivity contribution in [3.05, 3.63) is 131 Å². The molecule has 206 valence electrons. The summed E-state index contributed by atoms with van der Waals surface area (Å²) < 4.78 is 0. The Labute approximate surface area is 245 Å². The number of rotatable bonds is 10. The fourth-order valence-corrected chi connectivity index (χ4v) is 4.53. The first-order valence-corrected chi connectivity index (χ1v) is 13.6. The Morgan fingerprint density at radius 3 is 2.20 bits per heavy atom. The predicted octanol–water partition coefficient (Wildman–Crippen LogP) is 6.18. The summed E-state index contributed by atoms with van der Waals surface area (Å²) in [7, 11) is 0. The minimum Gasteiger partial charge on any atom is -0.478 e. The van der Waals surface area contributed by atoms with Gasteiger partial charge < -0.3 is 21.1 Å². The van der Waals surface area contributed by atoms with E-state index in [1.54, 1.807) is 60.7 Å². The normalized spacial score (nSPS) is 10.9. The zero-order chi connectivity index (χ0) is 29.2. The third-order valence-corrected chi connectivity index (χ3v) is 6.91. The van der Waals surface area contributed by atoms with E-state index in [-0.39, 0.29) is 33.6 Å². The Morgan fingerprint density at radius 2 is 1.49 bits per heavy atom. The van der Waals surface area contributed by atoms with Gasteiger partial charge in [0.1, 0.15) is 5.70 Å². The highest BCUT2D eigenvalue weighted by Crippen LogP contribution is 2.25. The summed E-state index contributed by atoms with van der Waals surface area (Å²) in [4.78, 5) is 50.5. The molecule has 0 saturated heterocycles. The van der Waals surface area contributed by atoms with Crippen LogP contribution in [0, 0.1) is 0 Å². The van der Waals surface area contributed by atoms with Gasteiger partial charge >= 0.3 is 5.97 Å². The van der Waals surface area contributed by atoms with Crippen LogP contribution in [0.5, 0.6) is 0 Å². The molecule has 0 aliphatic rings. The number of halogens is 1. The number of thioether (sulfide) groups is 1. The molecule has 0 atom stereocenters. The second-order valence-electron chi connectivity index (χ2n) is 8.61. The van der Waals surface area contributed by atoms with E-state index in [1.807, 2.05) is 30.3 Å². The van der Waals surface area contributed by atoms with E-state index in [4.69, 9.17) is 16.7 Å². The Morgan fingerprint density at radius 1 is 0.780 bits per heavy atom. The third-order valence-electron chi connectivity index (χ3n) is 5.59. The summed E-state index contributed by atoms with van der Waals surface area (Å²) in [5.74, 6) is -2.45. The van der Waals surface area contributed by atoms with Crippen molar-refractivity contribution in [2.24, 2.45) is 0 Å². The first kappa shape index (κ1) is 29.1. The SMILES string of the molecule is O=C(CSc1cccc(NC(=O)/C(=C/c2ccccc2)NC(=O)c2ccccc2)c1)Nc1cc(C(=O)O)ccc1Cl. The molecule has 0 aliphatic carbocycles. The maximum absolute atomic E-state index is 13.3.